The van der Waals surface area contributed by atoms with Crippen LogP contribution in [0.3, 0.4) is 0 Å². The van der Waals surface area contributed by atoms with Crippen molar-refractivity contribution in [3.05, 3.63) is 53.6 Å². The summed E-state index contributed by atoms with van der Waals surface area (Å²) in [5.41, 5.74) is 2.34. The summed E-state index contributed by atoms with van der Waals surface area (Å²) in [6.45, 7) is 5.60. The summed E-state index contributed by atoms with van der Waals surface area (Å²) in [5, 5.41) is 7.49. The van der Waals surface area contributed by atoms with Gasteiger partial charge in [0.2, 0.25) is 5.91 Å². The molecule has 2 amide bonds. The fraction of sp³-hybridized carbons (Fsp3) is 0.417. The summed E-state index contributed by atoms with van der Waals surface area (Å²) < 4.78 is 20.6. The van der Waals surface area contributed by atoms with E-state index in [1.165, 1.54) is 12.1 Å². The molecule has 0 aliphatic carbocycles. The molecule has 2 aromatic heterocycles. The lowest BCUT2D eigenvalue weighted by Crippen LogP contribution is -2.63. The number of hydrogen-bond donors (Lipinski definition) is 1. The third-order valence-corrected chi connectivity index (χ3v) is 6.57. The highest BCUT2D eigenvalue weighted by Crippen LogP contribution is 2.32. The number of nitrogens with one attached hydrogen (secondary N) is 1. The molecule has 4 heterocycles. The second-order valence-corrected chi connectivity index (χ2v) is 9.04. The fourth-order valence-electron chi connectivity index (χ4n) is 4.57. The minimum atomic E-state index is -0.971. The number of piperazine rings is 1. The number of aromatic nitrogens is 3. The number of fused-ring (bicyclic) bond motifs is 1. The van der Waals surface area contributed by atoms with E-state index in [9.17, 15) is 14.0 Å². The zero-order valence-corrected chi connectivity index (χ0v) is 18.7. The molecule has 2 saturated heterocycles. The number of nitrogens with zero attached hydrogens (tertiary/aromatic N) is 4. The summed E-state index contributed by atoms with van der Waals surface area (Å²) in [4.78, 5) is 32.0. The van der Waals surface area contributed by atoms with Gasteiger partial charge in [0.1, 0.15) is 17.1 Å². The Kier molecular flexibility index (Phi) is 5.36. The second-order valence-electron chi connectivity index (χ2n) is 9.04. The van der Waals surface area contributed by atoms with Crippen LogP contribution in [0.15, 0.2) is 36.5 Å². The highest BCUT2D eigenvalue weighted by molar-refractivity contribution is 5.99. The van der Waals surface area contributed by atoms with Crippen molar-refractivity contribution in [3.63, 3.8) is 0 Å². The van der Waals surface area contributed by atoms with Gasteiger partial charge in [0, 0.05) is 37.4 Å². The molecule has 0 saturated carbocycles. The highest BCUT2D eigenvalue weighted by atomic mass is 19.1. The van der Waals surface area contributed by atoms with Crippen molar-refractivity contribution in [2.75, 3.05) is 26.3 Å². The summed E-state index contributed by atoms with van der Waals surface area (Å²) >= 11 is 0. The second kappa shape index (κ2) is 8.22. The van der Waals surface area contributed by atoms with Gasteiger partial charge in [0.15, 0.2) is 5.65 Å². The third-order valence-electron chi connectivity index (χ3n) is 6.57. The Labute approximate surface area is 190 Å². The first kappa shape index (κ1) is 21.5. The number of imidazole rings is 1. The van der Waals surface area contributed by atoms with E-state index in [-0.39, 0.29) is 29.2 Å². The molecule has 1 N–H and O–H groups in total. The maximum atomic E-state index is 13.5. The molecular formula is C24H26FN5O3. The Hall–Kier alpha value is -3.33. The van der Waals surface area contributed by atoms with Crippen LogP contribution in [0.1, 0.15) is 48.7 Å². The zero-order chi connectivity index (χ0) is 23.2. The molecule has 1 aromatic carbocycles. The Balaban J connectivity index is 1.60. The number of benzene rings is 1. The lowest BCUT2D eigenvalue weighted by atomic mass is 9.91. The van der Waals surface area contributed by atoms with Crippen LogP contribution in [0.4, 0.5) is 4.39 Å². The number of carbonyl (C=O) groups is 2. The summed E-state index contributed by atoms with van der Waals surface area (Å²) in [6, 6.07) is 8.17. The van der Waals surface area contributed by atoms with Gasteiger partial charge >= 0.3 is 0 Å². The summed E-state index contributed by atoms with van der Waals surface area (Å²) in [6.07, 6.45) is 3.31. The third kappa shape index (κ3) is 3.86. The molecule has 5 rings (SSSR count). The van der Waals surface area contributed by atoms with E-state index in [2.05, 4.69) is 15.4 Å². The number of hydrogen-bond acceptors (Lipinski definition) is 5. The molecule has 3 aromatic rings. The van der Waals surface area contributed by atoms with Crippen molar-refractivity contribution in [1.82, 2.24) is 24.8 Å². The standard InChI is InChI=1S/C24H26FN5O3/c1-24(2)23(32)26-9-10-29(24)22(31)20-14-30-21(27-20)18(15-7-11-33-12-8-15)13-19(28-30)16-3-5-17(25)6-4-16/h3-6,13-15H,7-12H2,1-2H3,(H,26,32). The number of amides is 2. The average Bonchev–Trinajstić information content (AvgIpc) is 3.25. The van der Waals surface area contributed by atoms with Crippen LogP contribution in [0.25, 0.3) is 16.9 Å². The van der Waals surface area contributed by atoms with Gasteiger partial charge in [-0.05, 0) is 62.9 Å². The highest BCUT2D eigenvalue weighted by Gasteiger charge is 2.41. The molecule has 8 nitrogen and oxygen atoms in total. The molecule has 9 heteroatoms. The predicted molar refractivity (Wildman–Crippen MR) is 119 cm³/mol. The zero-order valence-electron chi connectivity index (χ0n) is 18.7. The summed E-state index contributed by atoms with van der Waals surface area (Å²) in [7, 11) is 0. The first-order valence-electron chi connectivity index (χ1n) is 11.2. The molecule has 2 aliphatic heterocycles. The van der Waals surface area contributed by atoms with E-state index in [0.717, 1.165) is 24.0 Å². The average molecular weight is 452 g/mol. The van der Waals surface area contributed by atoms with Crippen molar-refractivity contribution in [2.24, 2.45) is 0 Å². The number of rotatable bonds is 3. The Morgan fingerprint density at radius 2 is 1.94 bits per heavy atom. The van der Waals surface area contributed by atoms with E-state index >= 15 is 0 Å². The van der Waals surface area contributed by atoms with Gasteiger partial charge in [-0.3, -0.25) is 9.59 Å². The first-order chi connectivity index (χ1) is 15.8. The SMILES string of the molecule is CC1(C)C(=O)NCCN1C(=O)c1cn2nc(-c3ccc(F)cc3)cc(C3CCOCC3)c2n1. The molecule has 0 bridgehead atoms. The molecule has 0 unspecified atom stereocenters. The lowest BCUT2D eigenvalue weighted by molar-refractivity contribution is -0.133. The van der Waals surface area contributed by atoms with Crippen molar-refractivity contribution < 1.29 is 18.7 Å². The minimum Gasteiger partial charge on any atom is -0.381 e. The Morgan fingerprint density at radius 1 is 1.21 bits per heavy atom. The Morgan fingerprint density at radius 3 is 2.67 bits per heavy atom. The lowest BCUT2D eigenvalue weighted by Gasteiger charge is -2.40. The van der Waals surface area contributed by atoms with Crippen LogP contribution in [-0.4, -0.2) is 63.2 Å². The van der Waals surface area contributed by atoms with Gasteiger partial charge in [-0.15, -0.1) is 0 Å². The quantitative estimate of drug-likeness (QED) is 0.662. The largest absolute Gasteiger partial charge is 0.381 e. The van der Waals surface area contributed by atoms with Crippen molar-refractivity contribution >= 4 is 17.5 Å². The molecule has 2 fully saturated rings. The number of ether oxygens (including phenoxy) is 1. The van der Waals surface area contributed by atoms with E-state index in [4.69, 9.17) is 4.74 Å². The monoisotopic (exact) mass is 451 g/mol. The van der Waals surface area contributed by atoms with Gasteiger partial charge in [0.25, 0.3) is 5.91 Å². The van der Waals surface area contributed by atoms with E-state index < -0.39 is 5.54 Å². The van der Waals surface area contributed by atoms with Gasteiger partial charge in [-0.1, -0.05) is 0 Å². The maximum absolute atomic E-state index is 13.5. The van der Waals surface area contributed by atoms with Crippen molar-refractivity contribution in [2.45, 2.75) is 38.1 Å². The van der Waals surface area contributed by atoms with Crippen LogP contribution in [0.2, 0.25) is 0 Å². The molecule has 0 spiro atoms. The first-order valence-corrected chi connectivity index (χ1v) is 11.2. The van der Waals surface area contributed by atoms with Crippen LogP contribution >= 0.6 is 0 Å². The molecular weight excluding hydrogens is 425 g/mol. The van der Waals surface area contributed by atoms with E-state index in [1.54, 1.807) is 41.6 Å². The predicted octanol–water partition coefficient (Wildman–Crippen LogP) is 2.78. The van der Waals surface area contributed by atoms with Crippen LogP contribution in [0, 0.1) is 5.82 Å². The molecule has 33 heavy (non-hydrogen) atoms. The van der Waals surface area contributed by atoms with Gasteiger partial charge < -0.3 is 15.0 Å². The normalized spacial score (nSPS) is 19.0. The van der Waals surface area contributed by atoms with Gasteiger partial charge in [-0.2, -0.15) is 5.10 Å². The Bertz CT molecular complexity index is 1210. The van der Waals surface area contributed by atoms with Crippen LogP contribution in [-0.2, 0) is 9.53 Å². The van der Waals surface area contributed by atoms with Crippen molar-refractivity contribution in [3.8, 4) is 11.3 Å². The number of halogens is 1. The fourth-order valence-corrected chi connectivity index (χ4v) is 4.57. The van der Waals surface area contributed by atoms with Gasteiger partial charge in [0.05, 0.1) is 11.9 Å². The van der Waals surface area contributed by atoms with Gasteiger partial charge in [-0.25, -0.2) is 13.9 Å². The smallest absolute Gasteiger partial charge is 0.275 e. The molecule has 0 atom stereocenters. The van der Waals surface area contributed by atoms with Crippen LogP contribution in [0.5, 0.6) is 0 Å². The number of carbonyl (C=O) groups excluding carboxylic acids is 2. The maximum Gasteiger partial charge on any atom is 0.275 e. The topological polar surface area (TPSA) is 88.8 Å². The molecule has 2 aliphatic rings. The van der Waals surface area contributed by atoms with E-state index in [0.29, 0.717) is 37.6 Å². The minimum absolute atomic E-state index is 0.189. The molecule has 172 valence electrons. The molecule has 0 radical (unpaired) electrons. The van der Waals surface area contributed by atoms with Crippen LogP contribution < -0.4 is 5.32 Å². The summed E-state index contributed by atoms with van der Waals surface area (Å²) in [5.74, 6) is -0.591. The van der Waals surface area contributed by atoms with E-state index in [1.807, 2.05) is 6.07 Å². The van der Waals surface area contributed by atoms with Crippen molar-refractivity contribution in [1.29, 1.82) is 0 Å².